The van der Waals surface area contributed by atoms with Crippen molar-refractivity contribution in [3.63, 3.8) is 0 Å². The fourth-order valence-electron chi connectivity index (χ4n) is 2.72. The Morgan fingerprint density at radius 3 is 1.78 bits per heavy atom. The second-order valence-corrected chi connectivity index (χ2v) is 7.96. The van der Waals surface area contributed by atoms with Gasteiger partial charge >= 0.3 is 0 Å². The molecule has 0 amide bonds. The van der Waals surface area contributed by atoms with E-state index in [4.69, 9.17) is 62.7 Å². The first-order chi connectivity index (χ1) is 10.8. The molecule has 0 fully saturated rings. The van der Waals surface area contributed by atoms with Crippen molar-refractivity contribution >= 4 is 58.0 Å². The van der Waals surface area contributed by atoms with Crippen LogP contribution in [0.2, 0.25) is 0 Å². The van der Waals surface area contributed by atoms with E-state index in [1.54, 1.807) is 0 Å². The zero-order valence-electron chi connectivity index (χ0n) is 13.1. The van der Waals surface area contributed by atoms with E-state index in [-0.39, 0.29) is 6.10 Å². The van der Waals surface area contributed by atoms with Crippen LogP contribution in [-0.4, -0.2) is 6.10 Å². The highest BCUT2D eigenvalue weighted by atomic mass is 35.5. The maximum Gasteiger partial charge on any atom is 0.142 e. The molecule has 0 radical (unpaired) electrons. The summed E-state index contributed by atoms with van der Waals surface area (Å²) in [5.41, 5.74) is 1.96. The van der Waals surface area contributed by atoms with Gasteiger partial charge in [-0.1, -0.05) is 58.0 Å². The molecule has 0 N–H and O–H groups in total. The lowest BCUT2D eigenvalue weighted by Gasteiger charge is -2.20. The normalized spacial score (nSPS) is 21.2. The van der Waals surface area contributed by atoms with Crippen molar-refractivity contribution in [2.45, 2.75) is 58.5 Å². The third-order valence-corrected chi connectivity index (χ3v) is 6.05. The molecule has 23 heavy (non-hydrogen) atoms. The first-order valence-corrected chi connectivity index (χ1v) is 9.59. The van der Waals surface area contributed by atoms with Crippen molar-refractivity contribution in [3.05, 3.63) is 42.1 Å². The Labute approximate surface area is 162 Å². The van der Waals surface area contributed by atoms with E-state index in [0.29, 0.717) is 30.9 Å². The van der Waals surface area contributed by atoms with Gasteiger partial charge in [0.05, 0.1) is 21.2 Å². The molecule has 0 aliphatic heterocycles. The zero-order chi connectivity index (χ0) is 17.1. The van der Waals surface area contributed by atoms with E-state index in [1.165, 1.54) is 0 Å². The van der Waals surface area contributed by atoms with E-state index in [9.17, 15) is 0 Å². The minimum absolute atomic E-state index is 0.0175. The predicted octanol–water partition coefficient (Wildman–Crippen LogP) is 7.90. The van der Waals surface area contributed by atoms with Crippen LogP contribution in [0.15, 0.2) is 42.1 Å². The van der Waals surface area contributed by atoms with E-state index in [1.807, 2.05) is 13.8 Å². The van der Waals surface area contributed by atoms with E-state index in [0.717, 1.165) is 49.7 Å². The molecule has 128 valence electrons. The lowest BCUT2D eigenvalue weighted by atomic mass is 9.96. The lowest BCUT2D eigenvalue weighted by molar-refractivity contribution is 0.153. The molecule has 6 heteroatoms. The van der Waals surface area contributed by atoms with Gasteiger partial charge in [0, 0.05) is 15.6 Å². The molecule has 2 rings (SSSR count). The Balaban J connectivity index is 2.62. The molecular weight excluding hydrogens is 397 g/mol. The standard InChI is InChI=1S/C17H19Cl5O/c1-9(2)23-17-11(6-4-8-13(19)16(17)22)10-5-3-7-12(18)15(21)14(10)20/h9H,3-8H2,1-2H3. The number of hydrogen-bond donors (Lipinski definition) is 0. The molecule has 1 nitrogen and oxygen atoms in total. The maximum absolute atomic E-state index is 6.53. The van der Waals surface area contributed by atoms with Gasteiger partial charge in [-0.2, -0.15) is 0 Å². The molecule has 0 heterocycles. The highest BCUT2D eigenvalue weighted by Gasteiger charge is 2.26. The Kier molecular flexibility index (Phi) is 7.25. The van der Waals surface area contributed by atoms with Crippen molar-refractivity contribution in [1.29, 1.82) is 0 Å². The van der Waals surface area contributed by atoms with Crippen LogP contribution in [0, 0.1) is 0 Å². The molecule has 0 aromatic heterocycles. The minimum Gasteiger partial charge on any atom is -0.489 e. The summed E-state index contributed by atoms with van der Waals surface area (Å²) in [5, 5.41) is 2.62. The van der Waals surface area contributed by atoms with Crippen LogP contribution in [0.4, 0.5) is 0 Å². The van der Waals surface area contributed by atoms with E-state index >= 15 is 0 Å². The fraction of sp³-hybridized carbons (Fsp3) is 0.529. The van der Waals surface area contributed by atoms with E-state index in [2.05, 4.69) is 0 Å². The van der Waals surface area contributed by atoms with Crippen LogP contribution in [0.5, 0.6) is 0 Å². The van der Waals surface area contributed by atoms with Gasteiger partial charge in [-0.15, -0.1) is 0 Å². The molecule has 0 atom stereocenters. The third kappa shape index (κ3) is 4.64. The second kappa shape index (κ2) is 8.54. The first-order valence-electron chi connectivity index (χ1n) is 7.70. The van der Waals surface area contributed by atoms with Crippen molar-refractivity contribution in [1.82, 2.24) is 0 Å². The Bertz CT molecular complexity index is 610. The second-order valence-electron chi connectivity index (χ2n) is 5.91. The van der Waals surface area contributed by atoms with Crippen molar-refractivity contribution in [2.75, 3.05) is 0 Å². The molecule has 0 saturated carbocycles. The third-order valence-electron chi connectivity index (χ3n) is 3.77. The number of allylic oxidation sites excluding steroid dienone is 7. The van der Waals surface area contributed by atoms with Gasteiger partial charge in [0.15, 0.2) is 0 Å². The van der Waals surface area contributed by atoms with Crippen molar-refractivity contribution in [2.24, 2.45) is 0 Å². The van der Waals surface area contributed by atoms with Crippen LogP contribution in [0.25, 0.3) is 0 Å². The van der Waals surface area contributed by atoms with E-state index < -0.39 is 0 Å². The zero-order valence-corrected chi connectivity index (χ0v) is 16.9. The molecule has 0 bridgehead atoms. The molecule has 0 aromatic rings. The number of rotatable bonds is 3. The molecule has 2 aliphatic carbocycles. The monoisotopic (exact) mass is 414 g/mol. The molecule has 0 spiro atoms. The molecule has 0 unspecified atom stereocenters. The Morgan fingerprint density at radius 2 is 1.22 bits per heavy atom. The quantitative estimate of drug-likeness (QED) is 0.454. The molecule has 0 aromatic carbocycles. The summed E-state index contributed by atoms with van der Waals surface area (Å²) in [6, 6.07) is 0. The van der Waals surface area contributed by atoms with Crippen molar-refractivity contribution in [3.8, 4) is 0 Å². The van der Waals surface area contributed by atoms with Crippen LogP contribution in [0.3, 0.4) is 0 Å². The summed E-state index contributed by atoms with van der Waals surface area (Å²) < 4.78 is 5.99. The number of halogens is 5. The average Bonchev–Trinajstić information content (AvgIpc) is 2.70. The van der Waals surface area contributed by atoms with Crippen molar-refractivity contribution < 1.29 is 4.74 Å². The number of hydrogen-bond acceptors (Lipinski definition) is 1. The van der Waals surface area contributed by atoms with Crippen LogP contribution in [0.1, 0.15) is 52.4 Å². The maximum atomic E-state index is 6.53. The average molecular weight is 417 g/mol. The number of ether oxygens (including phenoxy) is 1. The smallest absolute Gasteiger partial charge is 0.142 e. The van der Waals surface area contributed by atoms with Crippen LogP contribution >= 0.6 is 58.0 Å². The van der Waals surface area contributed by atoms with Gasteiger partial charge < -0.3 is 4.74 Å². The highest BCUT2D eigenvalue weighted by Crippen LogP contribution is 2.44. The lowest BCUT2D eigenvalue weighted by Crippen LogP contribution is -2.07. The van der Waals surface area contributed by atoms with Gasteiger partial charge in [0.2, 0.25) is 0 Å². The molecule has 0 saturated heterocycles. The topological polar surface area (TPSA) is 9.23 Å². The van der Waals surface area contributed by atoms with Gasteiger partial charge in [-0.05, 0) is 57.9 Å². The Morgan fingerprint density at radius 1 is 0.696 bits per heavy atom. The summed E-state index contributed by atoms with van der Waals surface area (Å²) in [7, 11) is 0. The Hall–Kier alpha value is 0.210. The highest BCUT2D eigenvalue weighted by molar-refractivity contribution is 6.48. The van der Waals surface area contributed by atoms with Gasteiger partial charge in [-0.25, -0.2) is 0 Å². The molecule has 2 aliphatic rings. The van der Waals surface area contributed by atoms with Gasteiger partial charge in [0.25, 0.3) is 0 Å². The first kappa shape index (κ1) is 19.5. The van der Waals surface area contributed by atoms with Gasteiger partial charge in [-0.3, -0.25) is 0 Å². The summed E-state index contributed by atoms with van der Waals surface area (Å²) in [5.74, 6) is 0.625. The molecular formula is C17H19Cl5O. The fourth-order valence-corrected chi connectivity index (χ4v) is 4.00. The summed E-state index contributed by atoms with van der Waals surface area (Å²) >= 11 is 31.8. The SMILES string of the molecule is CC(C)OC1=C(C2=C(Cl)C(Cl)=C(Cl)CCC2)CCCC(Cl)=C1Cl. The minimum atomic E-state index is -0.0175. The summed E-state index contributed by atoms with van der Waals surface area (Å²) in [6.07, 6.45) is 4.78. The summed E-state index contributed by atoms with van der Waals surface area (Å²) in [4.78, 5) is 0. The van der Waals surface area contributed by atoms with Gasteiger partial charge in [0.1, 0.15) is 5.76 Å². The largest absolute Gasteiger partial charge is 0.489 e. The predicted molar refractivity (Wildman–Crippen MR) is 101 cm³/mol. The summed E-state index contributed by atoms with van der Waals surface area (Å²) in [6.45, 7) is 3.92. The van der Waals surface area contributed by atoms with Crippen LogP contribution < -0.4 is 0 Å². The van der Waals surface area contributed by atoms with Crippen LogP contribution in [-0.2, 0) is 4.74 Å².